The number of benzene rings is 1. The Balaban J connectivity index is 2.10. The maximum absolute atomic E-state index is 13.7. The number of sulfonamides is 1. The van der Waals surface area contributed by atoms with Gasteiger partial charge in [0.2, 0.25) is 10.0 Å². The van der Waals surface area contributed by atoms with Crippen molar-refractivity contribution in [3.63, 3.8) is 0 Å². The van der Waals surface area contributed by atoms with E-state index in [-0.39, 0.29) is 0 Å². The average Bonchev–Trinajstić information content (AvgIpc) is 2.48. The summed E-state index contributed by atoms with van der Waals surface area (Å²) in [6.07, 6.45) is 1.45. The normalized spacial score (nSPS) is 18.0. The van der Waals surface area contributed by atoms with Crippen molar-refractivity contribution in [2.24, 2.45) is 5.92 Å². The van der Waals surface area contributed by atoms with Crippen LogP contribution in [0, 0.1) is 17.6 Å². The van der Waals surface area contributed by atoms with E-state index < -0.39 is 26.6 Å². The molecule has 7 heteroatoms. The Morgan fingerprint density at radius 3 is 2.57 bits per heavy atom. The molecule has 0 saturated carbocycles. The minimum absolute atomic E-state index is 0.342. The van der Waals surface area contributed by atoms with Crippen LogP contribution in [0.15, 0.2) is 23.1 Å². The van der Waals surface area contributed by atoms with Crippen LogP contribution in [-0.2, 0) is 10.0 Å². The lowest BCUT2D eigenvalue weighted by Crippen LogP contribution is -2.41. The van der Waals surface area contributed by atoms with Gasteiger partial charge in [0.05, 0.1) is 0 Å². The molecular formula is C14H20F2N2O2S. The lowest BCUT2D eigenvalue weighted by Gasteiger charge is -2.31. The van der Waals surface area contributed by atoms with E-state index in [1.165, 1.54) is 10.4 Å². The van der Waals surface area contributed by atoms with Gasteiger partial charge in [0, 0.05) is 13.1 Å². The highest BCUT2D eigenvalue weighted by Gasteiger charge is 2.31. The van der Waals surface area contributed by atoms with Gasteiger partial charge in [-0.25, -0.2) is 17.2 Å². The molecule has 1 heterocycles. The Kier molecular flexibility index (Phi) is 5.29. The molecule has 0 unspecified atom stereocenters. The summed E-state index contributed by atoms with van der Waals surface area (Å²) in [4.78, 5) is -0.576. The van der Waals surface area contributed by atoms with Gasteiger partial charge in [-0.1, -0.05) is 13.0 Å². The van der Waals surface area contributed by atoms with Gasteiger partial charge >= 0.3 is 0 Å². The van der Waals surface area contributed by atoms with E-state index >= 15 is 0 Å². The van der Waals surface area contributed by atoms with E-state index in [4.69, 9.17) is 0 Å². The van der Waals surface area contributed by atoms with Crippen molar-refractivity contribution in [3.8, 4) is 0 Å². The van der Waals surface area contributed by atoms with Crippen molar-refractivity contribution in [1.82, 2.24) is 9.62 Å². The smallest absolute Gasteiger partial charge is 0.246 e. The van der Waals surface area contributed by atoms with E-state index in [9.17, 15) is 17.2 Å². The number of nitrogens with one attached hydrogen (secondary N) is 1. The highest BCUT2D eigenvalue weighted by molar-refractivity contribution is 7.89. The molecule has 1 fully saturated rings. The lowest BCUT2D eigenvalue weighted by atomic mass is 9.98. The minimum atomic E-state index is -3.96. The molecule has 0 atom stereocenters. The second-order valence-electron chi connectivity index (χ2n) is 5.21. The molecule has 21 heavy (non-hydrogen) atoms. The molecule has 2 rings (SSSR count). The van der Waals surface area contributed by atoms with Gasteiger partial charge < -0.3 is 5.32 Å². The first-order chi connectivity index (χ1) is 9.96. The zero-order chi connectivity index (χ0) is 15.5. The molecule has 4 nitrogen and oxygen atoms in total. The van der Waals surface area contributed by atoms with Crippen LogP contribution in [0.3, 0.4) is 0 Å². The van der Waals surface area contributed by atoms with Gasteiger partial charge in [-0.3, -0.25) is 0 Å². The number of hydrogen-bond acceptors (Lipinski definition) is 3. The van der Waals surface area contributed by atoms with Gasteiger partial charge in [0.25, 0.3) is 0 Å². The zero-order valence-corrected chi connectivity index (χ0v) is 12.8. The topological polar surface area (TPSA) is 49.4 Å². The van der Waals surface area contributed by atoms with Crippen LogP contribution in [0.4, 0.5) is 8.78 Å². The molecule has 1 aromatic carbocycles. The molecule has 0 aliphatic carbocycles. The quantitative estimate of drug-likeness (QED) is 0.903. The Morgan fingerprint density at radius 2 is 1.95 bits per heavy atom. The molecule has 1 saturated heterocycles. The van der Waals surface area contributed by atoms with Gasteiger partial charge in [-0.05, 0) is 44.0 Å². The SMILES string of the molecule is CCNCC1CCN(S(=O)(=O)c2cccc(F)c2F)CC1. The Hall–Kier alpha value is -1.05. The fraction of sp³-hybridized carbons (Fsp3) is 0.571. The van der Waals surface area contributed by atoms with E-state index in [0.29, 0.717) is 19.0 Å². The highest BCUT2D eigenvalue weighted by Crippen LogP contribution is 2.25. The Bertz CT molecular complexity index is 585. The van der Waals surface area contributed by atoms with Crippen LogP contribution in [0.25, 0.3) is 0 Å². The minimum Gasteiger partial charge on any atom is -0.317 e. The maximum atomic E-state index is 13.7. The summed E-state index contributed by atoms with van der Waals surface area (Å²) in [7, 11) is -3.96. The summed E-state index contributed by atoms with van der Waals surface area (Å²) in [5.74, 6) is -2.01. The molecule has 1 aliphatic heterocycles. The largest absolute Gasteiger partial charge is 0.317 e. The first-order valence-electron chi connectivity index (χ1n) is 7.11. The third kappa shape index (κ3) is 3.59. The Labute approximate surface area is 124 Å². The predicted octanol–water partition coefficient (Wildman–Crippen LogP) is 1.97. The molecule has 1 aromatic rings. The summed E-state index contributed by atoms with van der Waals surface area (Å²) >= 11 is 0. The monoisotopic (exact) mass is 318 g/mol. The molecule has 118 valence electrons. The van der Waals surface area contributed by atoms with Gasteiger partial charge in [0.15, 0.2) is 11.6 Å². The molecule has 0 radical (unpaired) electrons. The van der Waals surface area contributed by atoms with Crippen LogP contribution in [-0.4, -0.2) is 38.9 Å². The van der Waals surface area contributed by atoms with Crippen LogP contribution in [0.5, 0.6) is 0 Å². The zero-order valence-electron chi connectivity index (χ0n) is 12.0. The van der Waals surface area contributed by atoms with Gasteiger partial charge in [-0.15, -0.1) is 0 Å². The molecule has 1 N–H and O–H groups in total. The fourth-order valence-corrected chi connectivity index (χ4v) is 4.07. The Morgan fingerprint density at radius 1 is 1.29 bits per heavy atom. The van der Waals surface area contributed by atoms with E-state index in [1.54, 1.807) is 0 Å². The van der Waals surface area contributed by atoms with Crippen LogP contribution in [0.1, 0.15) is 19.8 Å². The summed E-state index contributed by atoms with van der Waals surface area (Å²) < 4.78 is 52.9. The first-order valence-corrected chi connectivity index (χ1v) is 8.55. The first kappa shape index (κ1) is 16.3. The van der Waals surface area contributed by atoms with Crippen molar-refractivity contribution >= 4 is 10.0 Å². The summed E-state index contributed by atoms with van der Waals surface area (Å²) in [5.41, 5.74) is 0. The highest BCUT2D eigenvalue weighted by atomic mass is 32.2. The number of rotatable bonds is 5. The molecule has 0 aromatic heterocycles. The molecular weight excluding hydrogens is 298 g/mol. The third-order valence-corrected chi connectivity index (χ3v) is 5.71. The molecule has 1 aliphatic rings. The van der Waals surface area contributed by atoms with E-state index in [1.807, 2.05) is 6.92 Å². The fourth-order valence-electron chi connectivity index (χ4n) is 2.52. The lowest BCUT2D eigenvalue weighted by molar-refractivity contribution is 0.267. The number of halogens is 2. The van der Waals surface area contributed by atoms with Crippen molar-refractivity contribution in [3.05, 3.63) is 29.8 Å². The summed E-state index contributed by atoms with van der Waals surface area (Å²) in [6.45, 7) is 4.45. The molecule has 0 bridgehead atoms. The maximum Gasteiger partial charge on any atom is 0.246 e. The molecule has 0 spiro atoms. The van der Waals surface area contributed by atoms with Crippen molar-refractivity contribution in [1.29, 1.82) is 0 Å². The van der Waals surface area contributed by atoms with E-state index in [0.717, 1.165) is 38.1 Å². The van der Waals surface area contributed by atoms with Crippen molar-refractivity contribution in [2.75, 3.05) is 26.2 Å². The summed E-state index contributed by atoms with van der Waals surface area (Å²) in [5, 5.41) is 3.24. The average molecular weight is 318 g/mol. The van der Waals surface area contributed by atoms with Crippen LogP contribution >= 0.6 is 0 Å². The predicted molar refractivity (Wildman–Crippen MR) is 76.4 cm³/mol. The second-order valence-corrected chi connectivity index (χ2v) is 7.11. The van der Waals surface area contributed by atoms with Gasteiger partial charge in [-0.2, -0.15) is 4.31 Å². The number of hydrogen-bond donors (Lipinski definition) is 1. The summed E-state index contributed by atoms with van der Waals surface area (Å²) in [6, 6.07) is 3.23. The van der Waals surface area contributed by atoms with Crippen LogP contribution in [0.2, 0.25) is 0 Å². The van der Waals surface area contributed by atoms with Crippen molar-refractivity contribution in [2.45, 2.75) is 24.7 Å². The van der Waals surface area contributed by atoms with Gasteiger partial charge in [0.1, 0.15) is 4.90 Å². The second kappa shape index (κ2) is 6.81. The molecule has 0 amide bonds. The number of nitrogens with zero attached hydrogens (tertiary/aromatic N) is 1. The van der Waals surface area contributed by atoms with Crippen molar-refractivity contribution < 1.29 is 17.2 Å². The standard InChI is InChI=1S/C14H20F2N2O2S/c1-2-17-10-11-6-8-18(9-7-11)21(19,20)13-5-3-4-12(15)14(13)16/h3-5,11,17H,2,6-10H2,1H3. The number of piperidine rings is 1. The van der Waals surface area contributed by atoms with Crippen LogP contribution < -0.4 is 5.32 Å². The van der Waals surface area contributed by atoms with E-state index in [2.05, 4.69) is 5.32 Å². The third-order valence-electron chi connectivity index (χ3n) is 3.79.